The molecule has 0 spiro atoms. The number of piperazine rings is 1. The molecular formula is C20H17ClF2N6O2. The van der Waals surface area contributed by atoms with Gasteiger partial charge in [0.2, 0.25) is 11.6 Å². The van der Waals surface area contributed by atoms with E-state index in [0.29, 0.717) is 37.6 Å². The van der Waals surface area contributed by atoms with Crippen LogP contribution in [-0.4, -0.2) is 41.1 Å². The molecule has 11 heteroatoms. The van der Waals surface area contributed by atoms with Crippen LogP contribution in [0.15, 0.2) is 48.8 Å². The fourth-order valence-electron chi connectivity index (χ4n) is 3.44. The minimum Gasteiger partial charge on any atom is -0.366 e. The summed E-state index contributed by atoms with van der Waals surface area (Å²) in [4.78, 5) is 23.0. The highest BCUT2D eigenvalue weighted by atomic mass is 35.5. The lowest BCUT2D eigenvalue weighted by molar-refractivity contribution is -0.383. The number of hydrogen-bond acceptors (Lipinski definition) is 7. The average Bonchev–Trinajstić information content (AvgIpc) is 2.76. The van der Waals surface area contributed by atoms with Crippen LogP contribution in [0.3, 0.4) is 0 Å². The SMILES string of the molecule is O=[N+]([O-])c1c(Nc2ccc(F)c(Cl)c2)ncnc1N1CCN(c2ccccc2F)CC1. The van der Waals surface area contributed by atoms with Gasteiger partial charge in [0.15, 0.2) is 0 Å². The van der Waals surface area contributed by atoms with E-state index in [2.05, 4.69) is 15.3 Å². The van der Waals surface area contributed by atoms with Crippen molar-refractivity contribution in [2.75, 3.05) is 41.3 Å². The van der Waals surface area contributed by atoms with Crippen LogP contribution in [0.5, 0.6) is 0 Å². The van der Waals surface area contributed by atoms with Gasteiger partial charge in [0.25, 0.3) is 0 Å². The summed E-state index contributed by atoms with van der Waals surface area (Å²) in [6.07, 6.45) is 1.22. The molecule has 0 unspecified atom stereocenters. The number of halogens is 3. The topological polar surface area (TPSA) is 87.4 Å². The van der Waals surface area contributed by atoms with Crippen molar-refractivity contribution in [2.24, 2.45) is 0 Å². The molecule has 0 amide bonds. The maximum Gasteiger partial charge on any atom is 0.353 e. The van der Waals surface area contributed by atoms with Crippen LogP contribution in [0.2, 0.25) is 5.02 Å². The molecule has 0 bridgehead atoms. The first-order valence-electron chi connectivity index (χ1n) is 9.40. The van der Waals surface area contributed by atoms with Gasteiger partial charge < -0.3 is 15.1 Å². The van der Waals surface area contributed by atoms with E-state index in [1.807, 2.05) is 4.90 Å². The molecule has 1 aromatic heterocycles. The van der Waals surface area contributed by atoms with Crippen molar-refractivity contribution in [3.05, 3.63) is 75.6 Å². The Kier molecular flexibility index (Phi) is 5.81. The molecule has 4 rings (SSSR count). The predicted octanol–water partition coefficient (Wildman–Crippen LogP) is 4.39. The Morgan fingerprint density at radius 2 is 1.71 bits per heavy atom. The number of nitro groups is 1. The molecule has 8 nitrogen and oxygen atoms in total. The molecule has 1 fully saturated rings. The molecule has 1 N–H and O–H groups in total. The Balaban J connectivity index is 1.58. The molecule has 0 saturated carbocycles. The third kappa shape index (κ3) is 4.33. The van der Waals surface area contributed by atoms with E-state index in [9.17, 15) is 18.9 Å². The van der Waals surface area contributed by atoms with Gasteiger partial charge in [-0.1, -0.05) is 23.7 Å². The molecule has 0 radical (unpaired) electrons. The second-order valence-corrected chi connectivity index (χ2v) is 7.24. The van der Waals surface area contributed by atoms with E-state index < -0.39 is 10.7 Å². The Bertz CT molecular complexity index is 1120. The first-order chi connectivity index (χ1) is 14.9. The molecule has 1 aliphatic heterocycles. The van der Waals surface area contributed by atoms with Gasteiger partial charge in [-0.3, -0.25) is 10.1 Å². The minimum absolute atomic E-state index is 0.0331. The predicted molar refractivity (Wildman–Crippen MR) is 114 cm³/mol. The lowest BCUT2D eigenvalue weighted by atomic mass is 10.2. The minimum atomic E-state index is -0.599. The smallest absolute Gasteiger partial charge is 0.353 e. The molecule has 1 saturated heterocycles. The van der Waals surface area contributed by atoms with Crippen molar-refractivity contribution >= 4 is 40.3 Å². The van der Waals surface area contributed by atoms with E-state index in [4.69, 9.17) is 11.6 Å². The fraction of sp³-hybridized carbons (Fsp3) is 0.200. The van der Waals surface area contributed by atoms with Crippen molar-refractivity contribution in [1.29, 1.82) is 0 Å². The summed E-state index contributed by atoms with van der Waals surface area (Å²) >= 11 is 5.79. The summed E-state index contributed by atoms with van der Waals surface area (Å²) in [5, 5.41) is 14.5. The maximum absolute atomic E-state index is 14.1. The summed E-state index contributed by atoms with van der Waals surface area (Å²) in [5.41, 5.74) is 0.542. The van der Waals surface area contributed by atoms with E-state index in [1.54, 1.807) is 23.1 Å². The van der Waals surface area contributed by atoms with Crippen molar-refractivity contribution in [3.8, 4) is 0 Å². The molecule has 2 heterocycles. The van der Waals surface area contributed by atoms with Crippen LogP contribution in [0, 0.1) is 21.7 Å². The van der Waals surface area contributed by atoms with Gasteiger partial charge in [-0.25, -0.2) is 18.7 Å². The zero-order valence-electron chi connectivity index (χ0n) is 16.1. The van der Waals surface area contributed by atoms with E-state index in [-0.39, 0.29) is 28.2 Å². The monoisotopic (exact) mass is 446 g/mol. The van der Waals surface area contributed by atoms with Crippen LogP contribution in [0.4, 0.5) is 37.5 Å². The van der Waals surface area contributed by atoms with Crippen molar-refractivity contribution in [3.63, 3.8) is 0 Å². The van der Waals surface area contributed by atoms with Crippen LogP contribution >= 0.6 is 11.6 Å². The largest absolute Gasteiger partial charge is 0.366 e. The molecule has 160 valence electrons. The van der Waals surface area contributed by atoms with Gasteiger partial charge in [-0.05, 0) is 30.3 Å². The Morgan fingerprint density at radius 1 is 1.00 bits per heavy atom. The van der Waals surface area contributed by atoms with Gasteiger partial charge >= 0.3 is 5.69 Å². The summed E-state index contributed by atoms with van der Waals surface area (Å²) < 4.78 is 27.5. The number of benzene rings is 2. The number of nitrogens with zero attached hydrogens (tertiary/aromatic N) is 5. The van der Waals surface area contributed by atoms with Crippen molar-refractivity contribution in [1.82, 2.24) is 9.97 Å². The van der Waals surface area contributed by atoms with Gasteiger partial charge in [0.1, 0.15) is 18.0 Å². The third-order valence-corrected chi connectivity index (χ3v) is 5.23. The Morgan fingerprint density at radius 3 is 2.39 bits per heavy atom. The van der Waals surface area contributed by atoms with Crippen LogP contribution in [0.1, 0.15) is 0 Å². The van der Waals surface area contributed by atoms with Crippen LogP contribution < -0.4 is 15.1 Å². The van der Waals surface area contributed by atoms with Crippen LogP contribution in [-0.2, 0) is 0 Å². The third-order valence-electron chi connectivity index (χ3n) is 4.94. The van der Waals surface area contributed by atoms with Gasteiger partial charge in [-0.15, -0.1) is 0 Å². The molecular weight excluding hydrogens is 430 g/mol. The highest BCUT2D eigenvalue weighted by Gasteiger charge is 2.30. The van der Waals surface area contributed by atoms with Gasteiger partial charge in [-0.2, -0.15) is 0 Å². The Labute approximate surface area is 181 Å². The number of aromatic nitrogens is 2. The lowest BCUT2D eigenvalue weighted by Gasteiger charge is -2.36. The summed E-state index contributed by atoms with van der Waals surface area (Å²) in [5.74, 6) is -0.788. The zero-order valence-corrected chi connectivity index (χ0v) is 16.9. The quantitative estimate of drug-likeness (QED) is 0.459. The highest BCUT2D eigenvalue weighted by Crippen LogP contribution is 2.35. The number of nitrogens with one attached hydrogen (secondary N) is 1. The number of anilines is 4. The Hall–Kier alpha value is -3.53. The molecule has 0 aliphatic carbocycles. The first-order valence-corrected chi connectivity index (χ1v) is 9.77. The standard InChI is InChI=1S/C20H17ClF2N6O2/c21-14-11-13(5-6-15(14)22)26-19-18(29(30)31)20(25-12-24-19)28-9-7-27(8-10-28)17-4-2-1-3-16(17)23/h1-6,11-12H,7-10H2,(H,24,25,26). The van der Waals surface area contributed by atoms with Crippen molar-refractivity contribution in [2.45, 2.75) is 0 Å². The maximum atomic E-state index is 14.1. The van der Waals surface area contributed by atoms with Gasteiger partial charge in [0, 0.05) is 31.9 Å². The zero-order chi connectivity index (χ0) is 22.0. The summed E-state index contributed by atoms with van der Waals surface area (Å²) in [6, 6.07) is 10.4. The van der Waals surface area contributed by atoms with E-state index in [0.717, 1.165) is 6.07 Å². The number of para-hydroxylation sites is 1. The second-order valence-electron chi connectivity index (χ2n) is 6.83. The van der Waals surface area contributed by atoms with E-state index >= 15 is 0 Å². The summed E-state index contributed by atoms with van der Waals surface area (Å²) in [6.45, 7) is 1.76. The average molecular weight is 447 g/mol. The summed E-state index contributed by atoms with van der Waals surface area (Å²) in [7, 11) is 0. The van der Waals surface area contributed by atoms with Crippen LogP contribution in [0.25, 0.3) is 0 Å². The first kappa shape index (κ1) is 20.7. The van der Waals surface area contributed by atoms with Crippen molar-refractivity contribution < 1.29 is 13.7 Å². The molecule has 2 aromatic carbocycles. The molecule has 3 aromatic rings. The normalized spacial score (nSPS) is 13.9. The number of hydrogen-bond donors (Lipinski definition) is 1. The molecule has 31 heavy (non-hydrogen) atoms. The lowest BCUT2D eigenvalue weighted by Crippen LogP contribution is -2.47. The molecule has 1 aliphatic rings. The molecule has 0 atom stereocenters. The second kappa shape index (κ2) is 8.68. The fourth-order valence-corrected chi connectivity index (χ4v) is 3.62. The van der Waals surface area contributed by atoms with Gasteiger partial charge in [0.05, 0.1) is 15.6 Å². The van der Waals surface area contributed by atoms with E-state index in [1.165, 1.54) is 24.5 Å². The highest BCUT2D eigenvalue weighted by molar-refractivity contribution is 6.31. The number of rotatable bonds is 5.